The van der Waals surface area contributed by atoms with E-state index in [-0.39, 0.29) is 39.6 Å². The van der Waals surface area contributed by atoms with Gasteiger partial charge in [-0.15, -0.1) is 6.42 Å². The van der Waals surface area contributed by atoms with E-state index < -0.39 is 11.6 Å². The number of anilines is 1. The fraction of sp³-hybridized carbons (Fsp3) is 0.441. The predicted octanol–water partition coefficient (Wildman–Crippen LogP) is 5.52. The number of pyridine rings is 1. The lowest BCUT2D eigenvalue weighted by molar-refractivity contribution is 0.0829. The summed E-state index contributed by atoms with van der Waals surface area (Å²) >= 11 is 0. The number of ether oxygens (including phenoxy) is 1. The second-order valence-corrected chi connectivity index (χ2v) is 13.2. The Bertz CT molecular complexity index is 1890. The highest BCUT2D eigenvalue weighted by Crippen LogP contribution is 2.59. The summed E-state index contributed by atoms with van der Waals surface area (Å²) in [6.07, 6.45) is 13.1. The van der Waals surface area contributed by atoms with Gasteiger partial charge in [0.1, 0.15) is 35.2 Å². The number of terminal acetylenes is 1. The molecule has 43 heavy (non-hydrogen) atoms. The SMILES string of the molecule is C#Cc1c(F)ccc2cc(O)cc(-c3ncc4c(N5CCC6CC6C5)nc(OC[C@@]56CCCN5C[C@H]5C[C@H]56)nc4c3F)c12. The minimum absolute atomic E-state index is 0.0104. The molecule has 2 aromatic carbocycles. The topological polar surface area (TPSA) is 74.6 Å². The Morgan fingerprint density at radius 2 is 2.00 bits per heavy atom. The van der Waals surface area contributed by atoms with Gasteiger partial charge in [-0.3, -0.25) is 9.88 Å². The van der Waals surface area contributed by atoms with Gasteiger partial charge < -0.3 is 14.7 Å². The summed E-state index contributed by atoms with van der Waals surface area (Å²) in [6, 6.07) is 5.77. The molecule has 0 bridgehead atoms. The fourth-order valence-corrected chi connectivity index (χ4v) is 8.54. The quantitative estimate of drug-likeness (QED) is 0.312. The van der Waals surface area contributed by atoms with E-state index in [0.717, 1.165) is 57.3 Å². The molecule has 7 nitrogen and oxygen atoms in total. The van der Waals surface area contributed by atoms with Crippen LogP contribution in [0.4, 0.5) is 14.6 Å². The molecular weight excluding hydrogens is 548 g/mol. The van der Waals surface area contributed by atoms with E-state index >= 15 is 4.39 Å². The summed E-state index contributed by atoms with van der Waals surface area (Å²) in [4.78, 5) is 18.8. The third-order valence-electron chi connectivity index (χ3n) is 10.9. The maximum atomic E-state index is 16.7. The first kappa shape index (κ1) is 25.5. The highest BCUT2D eigenvalue weighted by Gasteiger charge is 2.63. The number of fused-ring (bicyclic) bond motifs is 6. The molecule has 2 unspecified atom stereocenters. The molecule has 9 rings (SSSR count). The fourth-order valence-electron chi connectivity index (χ4n) is 8.54. The molecule has 5 fully saturated rings. The monoisotopic (exact) mass is 579 g/mol. The van der Waals surface area contributed by atoms with Crippen LogP contribution in [0.25, 0.3) is 32.9 Å². The molecule has 4 aromatic rings. The molecule has 5 heterocycles. The Balaban J connectivity index is 1.19. The molecule has 218 valence electrons. The zero-order valence-corrected chi connectivity index (χ0v) is 23.7. The number of phenolic OH excluding ortho intramolecular Hbond substituents is 1. The predicted molar refractivity (Wildman–Crippen MR) is 159 cm³/mol. The van der Waals surface area contributed by atoms with Gasteiger partial charge in [-0.1, -0.05) is 12.0 Å². The summed E-state index contributed by atoms with van der Waals surface area (Å²) in [7, 11) is 0. The van der Waals surface area contributed by atoms with Crippen molar-refractivity contribution < 1.29 is 18.6 Å². The highest BCUT2D eigenvalue weighted by atomic mass is 19.1. The number of aromatic hydroxyl groups is 1. The van der Waals surface area contributed by atoms with Crippen LogP contribution in [-0.4, -0.2) is 63.3 Å². The lowest BCUT2D eigenvalue weighted by Crippen LogP contribution is -2.47. The first-order chi connectivity index (χ1) is 20.9. The summed E-state index contributed by atoms with van der Waals surface area (Å²) in [6.45, 7) is 4.42. The van der Waals surface area contributed by atoms with Gasteiger partial charge >= 0.3 is 6.01 Å². The van der Waals surface area contributed by atoms with E-state index in [2.05, 4.69) is 25.7 Å². The van der Waals surface area contributed by atoms with Crippen LogP contribution in [0.5, 0.6) is 11.8 Å². The Morgan fingerprint density at radius 1 is 1.09 bits per heavy atom. The van der Waals surface area contributed by atoms with Crippen LogP contribution in [0.2, 0.25) is 0 Å². The maximum Gasteiger partial charge on any atom is 0.319 e. The summed E-state index contributed by atoms with van der Waals surface area (Å²) in [5.74, 6) is 4.46. The smallest absolute Gasteiger partial charge is 0.319 e. The molecule has 5 atom stereocenters. The molecule has 1 N–H and O–H groups in total. The molecular formula is C34H31F2N5O2. The van der Waals surface area contributed by atoms with Crippen molar-refractivity contribution in [2.45, 2.75) is 37.6 Å². The number of benzene rings is 2. The molecule has 9 heteroatoms. The summed E-state index contributed by atoms with van der Waals surface area (Å²) in [5, 5.41) is 11.8. The van der Waals surface area contributed by atoms with Crippen LogP contribution >= 0.6 is 0 Å². The largest absolute Gasteiger partial charge is 0.508 e. The third-order valence-corrected chi connectivity index (χ3v) is 10.9. The lowest BCUT2D eigenvalue weighted by atomic mass is 9.92. The standard InChI is InChI=1S/C34H31F2N5O2/c1-2-23-27(35)5-4-19-11-22(42)13-24(28(19)23)30-29(36)31-25(14-37-30)32(40-9-6-18-10-20(18)15-40)39-33(38-31)43-17-34-7-3-8-41(34)16-21-12-26(21)34/h1,4-5,11,13-14,18,20-21,26,42H,3,6-10,12,15-17H2/t18?,20?,21-,26-,34-/m1/s1. The lowest BCUT2D eigenvalue weighted by Gasteiger charge is -2.34. The van der Waals surface area contributed by atoms with Crippen LogP contribution < -0.4 is 9.64 Å². The van der Waals surface area contributed by atoms with Gasteiger partial charge in [-0.05, 0) is 85.9 Å². The average molecular weight is 580 g/mol. The van der Waals surface area contributed by atoms with E-state index in [1.165, 1.54) is 37.1 Å². The van der Waals surface area contributed by atoms with Crippen LogP contribution in [0.3, 0.4) is 0 Å². The molecule has 3 saturated heterocycles. The number of phenols is 1. The Kier molecular flexibility index (Phi) is 5.33. The number of hydrogen-bond donors (Lipinski definition) is 1. The van der Waals surface area contributed by atoms with Gasteiger partial charge in [0.05, 0.1) is 16.5 Å². The second kappa shape index (κ2) is 8.99. The van der Waals surface area contributed by atoms with Crippen molar-refractivity contribution in [1.82, 2.24) is 19.9 Å². The van der Waals surface area contributed by atoms with Crippen LogP contribution in [0, 0.1) is 47.6 Å². The first-order valence-corrected chi connectivity index (χ1v) is 15.3. The maximum absolute atomic E-state index is 16.7. The minimum Gasteiger partial charge on any atom is -0.508 e. The van der Waals surface area contributed by atoms with E-state index in [4.69, 9.17) is 16.1 Å². The summed E-state index contributed by atoms with van der Waals surface area (Å²) < 4.78 is 37.9. The molecule has 5 aliphatic rings. The molecule has 0 radical (unpaired) electrons. The Labute approximate surface area is 247 Å². The van der Waals surface area contributed by atoms with Crippen molar-refractivity contribution in [3.63, 3.8) is 0 Å². The van der Waals surface area contributed by atoms with Crippen molar-refractivity contribution >= 4 is 27.5 Å². The number of piperidine rings is 2. The number of nitrogens with zero attached hydrogens (tertiary/aromatic N) is 5. The van der Waals surface area contributed by atoms with Gasteiger partial charge in [0.2, 0.25) is 0 Å². The third kappa shape index (κ3) is 3.78. The molecule has 2 saturated carbocycles. The van der Waals surface area contributed by atoms with Crippen LogP contribution in [0.1, 0.15) is 37.7 Å². The van der Waals surface area contributed by atoms with Crippen molar-refractivity contribution in [2.75, 3.05) is 37.7 Å². The molecule has 3 aliphatic heterocycles. The Hall–Kier alpha value is -4.03. The average Bonchev–Trinajstić information content (AvgIpc) is 3.90. The van der Waals surface area contributed by atoms with Crippen molar-refractivity contribution in [3.05, 3.63) is 47.7 Å². The van der Waals surface area contributed by atoms with Crippen molar-refractivity contribution in [3.8, 4) is 35.4 Å². The Morgan fingerprint density at radius 3 is 2.86 bits per heavy atom. The minimum atomic E-state index is -0.685. The highest BCUT2D eigenvalue weighted by molar-refractivity contribution is 6.03. The first-order valence-electron chi connectivity index (χ1n) is 15.3. The van der Waals surface area contributed by atoms with Gasteiger partial charge in [-0.2, -0.15) is 9.97 Å². The molecule has 2 aliphatic carbocycles. The van der Waals surface area contributed by atoms with Crippen molar-refractivity contribution in [1.29, 1.82) is 0 Å². The normalized spacial score (nSPS) is 28.9. The van der Waals surface area contributed by atoms with E-state index in [0.29, 0.717) is 40.4 Å². The second-order valence-electron chi connectivity index (χ2n) is 13.2. The van der Waals surface area contributed by atoms with Crippen LogP contribution in [0.15, 0.2) is 30.5 Å². The van der Waals surface area contributed by atoms with E-state index in [1.807, 2.05) is 0 Å². The van der Waals surface area contributed by atoms with Gasteiger partial charge in [0.15, 0.2) is 5.82 Å². The van der Waals surface area contributed by atoms with E-state index in [9.17, 15) is 9.50 Å². The summed E-state index contributed by atoms with van der Waals surface area (Å²) in [5.41, 5.74) is 0.241. The molecule has 2 aromatic heterocycles. The molecule has 0 amide bonds. The van der Waals surface area contributed by atoms with Crippen LogP contribution in [-0.2, 0) is 0 Å². The van der Waals surface area contributed by atoms with Gasteiger partial charge in [0, 0.05) is 36.8 Å². The number of rotatable bonds is 5. The number of halogens is 2. The number of aromatic nitrogens is 3. The van der Waals surface area contributed by atoms with Gasteiger partial charge in [0.25, 0.3) is 0 Å². The van der Waals surface area contributed by atoms with Crippen molar-refractivity contribution in [2.24, 2.45) is 23.7 Å². The molecule has 0 spiro atoms. The number of hydrogen-bond acceptors (Lipinski definition) is 7. The zero-order chi connectivity index (χ0) is 29.0. The van der Waals surface area contributed by atoms with E-state index in [1.54, 1.807) is 6.20 Å². The zero-order valence-electron chi connectivity index (χ0n) is 23.7. The van der Waals surface area contributed by atoms with Gasteiger partial charge in [-0.25, -0.2) is 8.78 Å².